The van der Waals surface area contributed by atoms with Gasteiger partial charge in [0.2, 0.25) is 11.8 Å². The molecule has 0 aliphatic rings. The number of hydrogen-bond acceptors (Lipinski definition) is 4. The Balaban J connectivity index is 1.54. The predicted octanol–water partition coefficient (Wildman–Crippen LogP) is 4.74. The summed E-state index contributed by atoms with van der Waals surface area (Å²) >= 11 is 0. The van der Waals surface area contributed by atoms with E-state index in [9.17, 15) is 9.18 Å². The number of pyridine rings is 1. The monoisotopic (exact) mass is 392 g/mol. The molecule has 0 bridgehead atoms. The van der Waals surface area contributed by atoms with Crippen LogP contribution in [0.3, 0.4) is 0 Å². The van der Waals surface area contributed by atoms with Gasteiger partial charge in [-0.3, -0.25) is 4.79 Å². The van der Waals surface area contributed by atoms with E-state index < -0.39 is 0 Å². The maximum absolute atomic E-state index is 13.2. The van der Waals surface area contributed by atoms with E-state index in [4.69, 9.17) is 9.47 Å². The SMILES string of the molecule is CCOc1ccc(Oc2cc(CNC(=O)C=Cc3cccc(F)c3)ccn2)cc1. The van der Waals surface area contributed by atoms with Crippen LogP contribution in [0.1, 0.15) is 18.1 Å². The highest BCUT2D eigenvalue weighted by atomic mass is 19.1. The first-order chi connectivity index (χ1) is 14.1. The lowest BCUT2D eigenvalue weighted by Crippen LogP contribution is -2.20. The fourth-order valence-corrected chi connectivity index (χ4v) is 2.54. The van der Waals surface area contributed by atoms with Gasteiger partial charge in [-0.1, -0.05) is 12.1 Å². The summed E-state index contributed by atoms with van der Waals surface area (Å²) in [6.07, 6.45) is 4.55. The second-order valence-corrected chi connectivity index (χ2v) is 6.11. The van der Waals surface area contributed by atoms with Crippen LogP contribution >= 0.6 is 0 Å². The quantitative estimate of drug-likeness (QED) is 0.563. The van der Waals surface area contributed by atoms with Crippen LogP contribution in [-0.2, 0) is 11.3 Å². The van der Waals surface area contributed by atoms with Gasteiger partial charge in [0.05, 0.1) is 6.61 Å². The number of carbonyl (C=O) groups excluding carboxylic acids is 1. The molecule has 0 aliphatic carbocycles. The number of nitrogens with one attached hydrogen (secondary N) is 1. The van der Waals surface area contributed by atoms with Gasteiger partial charge < -0.3 is 14.8 Å². The third-order valence-corrected chi connectivity index (χ3v) is 3.90. The molecular weight excluding hydrogens is 371 g/mol. The van der Waals surface area contributed by atoms with E-state index in [1.54, 1.807) is 48.7 Å². The van der Waals surface area contributed by atoms with Gasteiger partial charge in [-0.2, -0.15) is 0 Å². The van der Waals surface area contributed by atoms with Crippen molar-refractivity contribution in [2.45, 2.75) is 13.5 Å². The molecule has 1 heterocycles. The van der Waals surface area contributed by atoms with Crippen molar-refractivity contribution >= 4 is 12.0 Å². The van der Waals surface area contributed by atoms with Gasteiger partial charge >= 0.3 is 0 Å². The van der Waals surface area contributed by atoms with Crippen molar-refractivity contribution in [3.63, 3.8) is 0 Å². The second-order valence-electron chi connectivity index (χ2n) is 6.11. The fourth-order valence-electron chi connectivity index (χ4n) is 2.54. The Kier molecular flexibility index (Phi) is 6.95. The molecule has 2 aromatic carbocycles. The largest absolute Gasteiger partial charge is 0.494 e. The van der Waals surface area contributed by atoms with E-state index in [0.717, 1.165) is 11.3 Å². The summed E-state index contributed by atoms with van der Waals surface area (Å²) < 4.78 is 24.3. The van der Waals surface area contributed by atoms with E-state index in [-0.39, 0.29) is 11.7 Å². The molecule has 5 nitrogen and oxygen atoms in total. The zero-order chi connectivity index (χ0) is 20.5. The normalized spacial score (nSPS) is 10.7. The molecule has 1 amide bonds. The molecule has 0 aliphatic heterocycles. The van der Waals surface area contributed by atoms with Gasteiger partial charge in [-0.25, -0.2) is 9.37 Å². The number of benzene rings is 2. The predicted molar refractivity (Wildman–Crippen MR) is 109 cm³/mol. The van der Waals surface area contributed by atoms with Crippen LogP contribution < -0.4 is 14.8 Å². The molecule has 0 radical (unpaired) electrons. The Morgan fingerprint density at radius 2 is 1.90 bits per heavy atom. The summed E-state index contributed by atoms with van der Waals surface area (Å²) in [5.41, 5.74) is 1.46. The molecule has 148 valence electrons. The van der Waals surface area contributed by atoms with Crippen LogP contribution in [0.15, 0.2) is 72.9 Å². The molecule has 1 N–H and O–H groups in total. The van der Waals surface area contributed by atoms with Crippen molar-refractivity contribution in [1.82, 2.24) is 10.3 Å². The Labute approximate surface area is 168 Å². The molecule has 0 unspecified atom stereocenters. The maximum atomic E-state index is 13.2. The first kappa shape index (κ1) is 20.1. The highest BCUT2D eigenvalue weighted by molar-refractivity contribution is 5.91. The van der Waals surface area contributed by atoms with Crippen LogP contribution in [0.2, 0.25) is 0 Å². The number of amides is 1. The van der Waals surface area contributed by atoms with Crippen LogP contribution in [0.4, 0.5) is 4.39 Å². The van der Waals surface area contributed by atoms with E-state index >= 15 is 0 Å². The minimum Gasteiger partial charge on any atom is -0.494 e. The van der Waals surface area contributed by atoms with E-state index in [1.165, 1.54) is 18.2 Å². The summed E-state index contributed by atoms with van der Waals surface area (Å²) in [6.45, 7) is 2.84. The van der Waals surface area contributed by atoms with Crippen molar-refractivity contribution in [2.75, 3.05) is 6.61 Å². The smallest absolute Gasteiger partial charge is 0.244 e. The standard InChI is InChI=1S/C23H21FN2O3/c1-2-28-20-7-9-21(10-8-20)29-23-15-18(12-13-25-23)16-26-22(27)11-6-17-4-3-5-19(24)14-17/h3-15H,2,16H2,1H3,(H,26,27). The highest BCUT2D eigenvalue weighted by Gasteiger charge is 2.03. The Hall–Kier alpha value is -3.67. The number of aromatic nitrogens is 1. The third kappa shape index (κ3) is 6.46. The summed E-state index contributed by atoms with van der Waals surface area (Å²) in [7, 11) is 0. The number of rotatable bonds is 8. The molecule has 0 fully saturated rings. The molecule has 0 atom stereocenters. The Morgan fingerprint density at radius 3 is 2.66 bits per heavy atom. The number of halogens is 1. The average molecular weight is 392 g/mol. The summed E-state index contributed by atoms with van der Waals surface area (Å²) in [5, 5.41) is 2.78. The zero-order valence-corrected chi connectivity index (χ0v) is 16.0. The molecule has 0 saturated carbocycles. The van der Waals surface area contributed by atoms with Crippen LogP contribution in [-0.4, -0.2) is 17.5 Å². The fraction of sp³-hybridized carbons (Fsp3) is 0.130. The lowest BCUT2D eigenvalue weighted by Gasteiger charge is -2.08. The summed E-state index contributed by atoms with van der Waals surface area (Å²) in [5.74, 6) is 1.22. The Morgan fingerprint density at radius 1 is 1.10 bits per heavy atom. The molecule has 0 saturated heterocycles. The molecule has 3 aromatic rings. The van der Waals surface area contributed by atoms with Crippen molar-refractivity contribution in [1.29, 1.82) is 0 Å². The minimum atomic E-state index is -0.343. The zero-order valence-electron chi connectivity index (χ0n) is 16.0. The second kappa shape index (κ2) is 10.0. The summed E-state index contributed by atoms with van der Waals surface area (Å²) in [6, 6.07) is 16.8. The van der Waals surface area contributed by atoms with Crippen LogP contribution in [0.25, 0.3) is 6.08 Å². The average Bonchev–Trinajstić information content (AvgIpc) is 2.73. The molecule has 1 aromatic heterocycles. The van der Waals surface area contributed by atoms with Gasteiger partial charge in [0.1, 0.15) is 17.3 Å². The topological polar surface area (TPSA) is 60.5 Å². The lowest BCUT2D eigenvalue weighted by atomic mass is 10.2. The van der Waals surface area contributed by atoms with Gasteiger partial charge in [0.15, 0.2) is 0 Å². The van der Waals surface area contributed by atoms with Crippen molar-refractivity contribution < 1.29 is 18.7 Å². The van der Waals surface area contributed by atoms with E-state index in [0.29, 0.717) is 30.3 Å². The maximum Gasteiger partial charge on any atom is 0.244 e. The van der Waals surface area contributed by atoms with Gasteiger partial charge in [-0.05, 0) is 66.6 Å². The first-order valence-electron chi connectivity index (χ1n) is 9.19. The molecular formula is C23H21FN2O3. The van der Waals surface area contributed by atoms with Crippen molar-refractivity contribution in [3.8, 4) is 17.4 Å². The number of ether oxygens (including phenoxy) is 2. The lowest BCUT2D eigenvalue weighted by molar-refractivity contribution is -0.116. The van der Waals surface area contributed by atoms with Crippen molar-refractivity contribution in [2.24, 2.45) is 0 Å². The number of hydrogen-bond donors (Lipinski definition) is 1. The molecule has 29 heavy (non-hydrogen) atoms. The third-order valence-electron chi connectivity index (χ3n) is 3.90. The van der Waals surface area contributed by atoms with E-state index in [2.05, 4.69) is 10.3 Å². The van der Waals surface area contributed by atoms with Crippen LogP contribution in [0, 0.1) is 5.82 Å². The van der Waals surface area contributed by atoms with Gasteiger partial charge in [0, 0.05) is 24.9 Å². The minimum absolute atomic E-state index is 0.278. The first-order valence-corrected chi connectivity index (χ1v) is 9.19. The Bertz CT molecular complexity index is 987. The van der Waals surface area contributed by atoms with Crippen molar-refractivity contribution in [3.05, 3.63) is 89.9 Å². The van der Waals surface area contributed by atoms with E-state index in [1.807, 2.05) is 19.1 Å². The number of carbonyl (C=O) groups is 1. The summed E-state index contributed by atoms with van der Waals surface area (Å²) in [4.78, 5) is 16.2. The van der Waals surface area contributed by atoms with Crippen LogP contribution in [0.5, 0.6) is 17.4 Å². The van der Waals surface area contributed by atoms with Gasteiger partial charge in [-0.15, -0.1) is 0 Å². The number of nitrogens with zero attached hydrogens (tertiary/aromatic N) is 1. The molecule has 6 heteroatoms. The molecule has 0 spiro atoms. The molecule has 3 rings (SSSR count). The van der Waals surface area contributed by atoms with Gasteiger partial charge in [0.25, 0.3) is 0 Å². The highest BCUT2D eigenvalue weighted by Crippen LogP contribution is 2.23.